The van der Waals surface area contributed by atoms with Crippen molar-refractivity contribution in [3.63, 3.8) is 0 Å². The maximum atomic E-state index is 12.7. The number of hydrogen-bond acceptors (Lipinski definition) is 5. The van der Waals surface area contributed by atoms with E-state index in [-0.39, 0.29) is 28.1 Å². The third-order valence-corrected chi connectivity index (χ3v) is 7.36. The van der Waals surface area contributed by atoms with Crippen LogP contribution in [0, 0.1) is 0 Å². The molecule has 29 heavy (non-hydrogen) atoms. The number of hydrogen-bond donors (Lipinski definition) is 1. The van der Waals surface area contributed by atoms with Gasteiger partial charge in [-0.25, -0.2) is 4.79 Å². The average Bonchev–Trinajstić information content (AvgIpc) is 2.66. The summed E-state index contributed by atoms with van der Waals surface area (Å²) < 4.78 is 3.07. The van der Waals surface area contributed by atoms with Gasteiger partial charge in [0.15, 0.2) is 0 Å². The first kappa shape index (κ1) is 22.7. The highest BCUT2D eigenvalue weighted by Crippen LogP contribution is 2.46. The van der Waals surface area contributed by atoms with E-state index in [2.05, 4.69) is 21.2 Å². The fourth-order valence-corrected chi connectivity index (χ4v) is 5.25. The monoisotopic (exact) mass is 540 g/mol. The number of ether oxygens (including phenoxy) is 1. The second-order valence-electron chi connectivity index (χ2n) is 6.48. The van der Waals surface area contributed by atoms with Crippen molar-refractivity contribution in [1.29, 1.82) is 0 Å². The van der Waals surface area contributed by atoms with Gasteiger partial charge < -0.3 is 10.1 Å². The molecule has 0 unspecified atom stereocenters. The maximum Gasteiger partial charge on any atom is 0.355 e. The fourth-order valence-electron chi connectivity index (χ4n) is 2.98. The molecule has 0 spiro atoms. The van der Waals surface area contributed by atoms with Crippen LogP contribution < -0.4 is 5.32 Å². The van der Waals surface area contributed by atoms with Crippen molar-refractivity contribution in [2.75, 3.05) is 6.61 Å². The Hall–Kier alpha value is -0.930. The molecule has 2 aliphatic rings. The van der Waals surface area contributed by atoms with E-state index in [0.717, 1.165) is 5.56 Å². The number of alkyl halides is 4. The summed E-state index contributed by atoms with van der Waals surface area (Å²) in [6.45, 7) is 1.26. The van der Waals surface area contributed by atoms with E-state index >= 15 is 0 Å². The molecule has 2 amide bonds. The second-order valence-corrected chi connectivity index (χ2v) is 11.7. The van der Waals surface area contributed by atoms with E-state index in [1.807, 2.05) is 30.3 Å². The number of nitrogens with one attached hydrogen (secondary N) is 1. The van der Waals surface area contributed by atoms with Gasteiger partial charge >= 0.3 is 5.97 Å². The maximum absolute atomic E-state index is 12.7. The molecule has 0 saturated carbocycles. The van der Waals surface area contributed by atoms with Crippen LogP contribution in [0.15, 0.2) is 41.6 Å². The van der Waals surface area contributed by atoms with Gasteiger partial charge in [-0.3, -0.25) is 14.5 Å². The minimum atomic E-state index is -1.76. The minimum Gasteiger partial charge on any atom is -0.456 e. The smallest absolute Gasteiger partial charge is 0.355 e. The SMILES string of the molecule is CC1=C(C(=O)OCC(Cl)(Cl)Cl)N2C(=O)[C@@H](NC(=O)Cc3ccccc3)[C@@H]2S[C@H]1Br. The molecule has 1 fully saturated rings. The quantitative estimate of drug-likeness (QED) is 0.350. The molecule has 2 heterocycles. The van der Waals surface area contributed by atoms with Crippen LogP contribution in [-0.4, -0.2) is 48.7 Å². The number of rotatable bonds is 5. The summed E-state index contributed by atoms with van der Waals surface area (Å²) in [7, 11) is 0. The Morgan fingerprint density at radius 1 is 1.28 bits per heavy atom. The lowest BCUT2D eigenvalue weighted by Gasteiger charge is -2.50. The first-order chi connectivity index (χ1) is 13.6. The number of carbonyl (C=O) groups excluding carboxylic acids is 3. The Labute approximate surface area is 195 Å². The Bertz CT molecular complexity index is 862. The number of amides is 2. The highest BCUT2D eigenvalue weighted by atomic mass is 79.9. The summed E-state index contributed by atoms with van der Waals surface area (Å²) in [5, 5.41) is 2.32. The Balaban J connectivity index is 1.70. The Kier molecular flexibility index (Phi) is 7.10. The van der Waals surface area contributed by atoms with Gasteiger partial charge in [0.05, 0.1) is 10.6 Å². The first-order valence-corrected chi connectivity index (χ1v) is 11.5. The lowest BCUT2D eigenvalue weighted by atomic mass is 10.0. The molecule has 3 rings (SSSR count). The number of carbonyl (C=O) groups is 3. The average molecular weight is 543 g/mol. The van der Waals surface area contributed by atoms with Crippen molar-refractivity contribution in [2.45, 2.75) is 32.7 Å². The second kappa shape index (κ2) is 9.06. The van der Waals surface area contributed by atoms with Crippen LogP contribution in [0.4, 0.5) is 0 Å². The topological polar surface area (TPSA) is 75.7 Å². The Morgan fingerprint density at radius 2 is 1.93 bits per heavy atom. The highest BCUT2D eigenvalue weighted by Gasteiger charge is 2.55. The minimum absolute atomic E-state index is 0.100. The van der Waals surface area contributed by atoms with Crippen molar-refractivity contribution in [1.82, 2.24) is 10.2 Å². The number of halogens is 4. The van der Waals surface area contributed by atoms with Crippen molar-refractivity contribution in [2.24, 2.45) is 0 Å². The zero-order valence-electron chi connectivity index (χ0n) is 15.0. The standard InChI is InChI=1S/C18H16BrCl3N2O4S/c1-9-13(17(27)28-8-18(20,21)22)24-15(26)12(16(24)29-14(9)19)23-11(25)7-10-5-3-2-4-6-10/h2-6,12,14,16H,7-8H2,1H3,(H,23,25)/t12-,14-,16+/m1/s1. The number of thioether (sulfide) groups is 1. The van der Waals surface area contributed by atoms with Gasteiger partial charge in [0.25, 0.3) is 5.91 Å². The number of nitrogens with zero attached hydrogens (tertiary/aromatic N) is 1. The van der Waals surface area contributed by atoms with Gasteiger partial charge in [-0.2, -0.15) is 0 Å². The van der Waals surface area contributed by atoms with Crippen LogP contribution in [0.1, 0.15) is 12.5 Å². The molecule has 1 aromatic rings. The highest BCUT2D eigenvalue weighted by molar-refractivity contribution is 9.11. The number of β-lactam (4-membered cyclic amide) rings is 1. The van der Waals surface area contributed by atoms with Crippen LogP contribution in [-0.2, 0) is 25.5 Å². The van der Waals surface area contributed by atoms with Gasteiger partial charge in [0.2, 0.25) is 9.70 Å². The molecule has 0 aromatic heterocycles. The molecular formula is C18H16BrCl3N2O4S. The van der Waals surface area contributed by atoms with E-state index < -0.39 is 27.8 Å². The summed E-state index contributed by atoms with van der Waals surface area (Å²) >= 11 is 21.8. The van der Waals surface area contributed by atoms with Crippen LogP contribution in [0.5, 0.6) is 0 Å². The van der Waals surface area contributed by atoms with E-state index in [4.69, 9.17) is 39.5 Å². The molecule has 0 bridgehead atoms. The summed E-state index contributed by atoms with van der Waals surface area (Å²) in [6, 6.07) is 8.48. The van der Waals surface area contributed by atoms with Crippen LogP contribution in [0.2, 0.25) is 0 Å². The number of benzene rings is 1. The Morgan fingerprint density at radius 3 is 2.55 bits per heavy atom. The zero-order chi connectivity index (χ0) is 21.3. The van der Waals surface area contributed by atoms with Gasteiger partial charge in [-0.15, -0.1) is 11.8 Å². The molecule has 1 N–H and O–H groups in total. The molecule has 3 atom stereocenters. The lowest BCUT2D eigenvalue weighted by Crippen LogP contribution is -2.71. The van der Waals surface area contributed by atoms with E-state index in [9.17, 15) is 14.4 Å². The van der Waals surface area contributed by atoms with Crippen molar-refractivity contribution < 1.29 is 19.1 Å². The van der Waals surface area contributed by atoms with Gasteiger partial charge in [0.1, 0.15) is 23.7 Å². The largest absolute Gasteiger partial charge is 0.456 e. The molecule has 6 nitrogen and oxygen atoms in total. The van der Waals surface area contributed by atoms with E-state index in [1.54, 1.807) is 6.92 Å². The summed E-state index contributed by atoms with van der Waals surface area (Å²) in [5.41, 5.74) is 1.56. The summed E-state index contributed by atoms with van der Waals surface area (Å²) in [5.74, 6) is -1.41. The predicted molar refractivity (Wildman–Crippen MR) is 117 cm³/mol. The van der Waals surface area contributed by atoms with Gasteiger partial charge in [-0.05, 0) is 18.1 Å². The van der Waals surface area contributed by atoms with E-state index in [0.29, 0.717) is 5.57 Å². The number of fused-ring (bicyclic) bond motifs is 1. The molecule has 0 aliphatic carbocycles. The molecule has 1 aromatic carbocycles. The summed E-state index contributed by atoms with van der Waals surface area (Å²) in [6.07, 6.45) is 0.159. The normalized spacial score (nSPS) is 24.0. The fraction of sp³-hybridized carbons (Fsp3) is 0.389. The predicted octanol–water partition coefficient (Wildman–Crippen LogP) is 3.54. The zero-order valence-corrected chi connectivity index (χ0v) is 19.7. The van der Waals surface area contributed by atoms with Gasteiger partial charge in [-0.1, -0.05) is 81.1 Å². The molecule has 156 valence electrons. The third-order valence-electron chi connectivity index (χ3n) is 4.34. The molecule has 11 heteroatoms. The number of esters is 1. The van der Waals surface area contributed by atoms with Crippen LogP contribution in [0.25, 0.3) is 0 Å². The summed E-state index contributed by atoms with van der Waals surface area (Å²) in [4.78, 5) is 38.9. The van der Waals surface area contributed by atoms with Crippen molar-refractivity contribution >= 4 is 80.3 Å². The lowest BCUT2D eigenvalue weighted by molar-refractivity contribution is -0.152. The van der Waals surface area contributed by atoms with Crippen LogP contribution >= 0.6 is 62.5 Å². The molecule has 1 saturated heterocycles. The van der Waals surface area contributed by atoms with Crippen molar-refractivity contribution in [3.05, 3.63) is 47.2 Å². The first-order valence-electron chi connectivity index (χ1n) is 8.49. The van der Waals surface area contributed by atoms with Gasteiger partial charge in [0, 0.05) is 0 Å². The van der Waals surface area contributed by atoms with Crippen LogP contribution in [0.3, 0.4) is 0 Å². The van der Waals surface area contributed by atoms with E-state index in [1.165, 1.54) is 16.7 Å². The van der Waals surface area contributed by atoms with Crippen molar-refractivity contribution in [3.8, 4) is 0 Å². The molecular weight excluding hydrogens is 527 g/mol. The third kappa shape index (κ3) is 5.22. The molecule has 0 radical (unpaired) electrons. The molecule has 2 aliphatic heterocycles.